The third-order valence-electron chi connectivity index (χ3n) is 8.07. The first kappa shape index (κ1) is 33.5. The van der Waals surface area contributed by atoms with Crippen molar-refractivity contribution in [1.29, 1.82) is 0 Å². The zero-order chi connectivity index (χ0) is 29.1. The normalized spacial score (nSPS) is 17.2. The quantitative estimate of drug-likeness (QED) is 0.139. The summed E-state index contributed by atoms with van der Waals surface area (Å²) in [7, 11) is 0. The molecule has 1 fully saturated rings. The molecule has 0 amide bonds. The van der Waals surface area contributed by atoms with E-state index in [1.807, 2.05) is 6.07 Å². The molecule has 1 aromatic carbocycles. The van der Waals surface area contributed by atoms with Gasteiger partial charge in [0.2, 0.25) is 5.82 Å². The van der Waals surface area contributed by atoms with Crippen LogP contribution in [0.1, 0.15) is 135 Å². The van der Waals surface area contributed by atoms with Gasteiger partial charge < -0.3 is 14.2 Å². The summed E-state index contributed by atoms with van der Waals surface area (Å²) in [6.07, 6.45) is 22.2. The highest BCUT2D eigenvalue weighted by atomic mass is 19.2. The number of rotatable bonds is 21. The molecule has 0 bridgehead atoms. The standard InChI is InChI=1S/C35H53F2NO3/c1-3-5-7-9-11-13-15-17-19-28-26-40-35(41-27-28)29-20-22-31(38-25-29)30-21-23-32(34(37)33(30)36)39-24-18-16-14-12-10-8-6-4-2/h20-23,25,28,35H,3-19,24,26-27H2,1-2H3/t28-,35-. The summed E-state index contributed by atoms with van der Waals surface area (Å²) in [5.74, 6) is -1.52. The molecule has 2 heterocycles. The first-order valence-electron chi connectivity index (χ1n) is 16.4. The Morgan fingerprint density at radius 3 is 1.88 bits per heavy atom. The van der Waals surface area contributed by atoms with Crippen LogP contribution >= 0.6 is 0 Å². The monoisotopic (exact) mass is 573 g/mol. The highest BCUT2D eigenvalue weighted by molar-refractivity contribution is 5.61. The second-order valence-corrected chi connectivity index (χ2v) is 11.7. The fraction of sp³-hybridized carbons (Fsp3) is 0.686. The molecule has 3 rings (SSSR count). The first-order valence-corrected chi connectivity index (χ1v) is 16.4. The van der Waals surface area contributed by atoms with E-state index in [4.69, 9.17) is 14.2 Å². The van der Waals surface area contributed by atoms with E-state index in [1.165, 1.54) is 95.6 Å². The molecule has 41 heavy (non-hydrogen) atoms. The number of benzene rings is 1. The van der Waals surface area contributed by atoms with Crippen LogP contribution < -0.4 is 4.74 Å². The summed E-state index contributed by atoms with van der Waals surface area (Å²) in [5, 5.41) is 0. The number of hydrogen-bond donors (Lipinski definition) is 0. The maximum atomic E-state index is 14.9. The Morgan fingerprint density at radius 2 is 1.29 bits per heavy atom. The van der Waals surface area contributed by atoms with Crippen molar-refractivity contribution in [1.82, 2.24) is 4.98 Å². The minimum Gasteiger partial charge on any atom is -0.490 e. The van der Waals surface area contributed by atoms with Crippen molar-refractivity contribution in [3.63, 3.8) is 0 Å². The van der Waals surface area contributed by atoms with Crippen LogP contribution in [0, 0.1) is 17.6 Å². The van der Waals surface area contributed by atoms with Gasteiger partial charge in [0.05, 0.1) is 25.5 Å². The van der Waals surface area contributed by atoms with E-state index in [9.17, 15) is 8.78 Å². The van der Waals surface area contributed by atoms with Crippen molar-refractivity contribution < 1.29 is 23.0 Å². The second-order valence-electron chi connectivity index (χ2n) is 11.7. The van der Waals surface area contributed by atoms with Gasteiger partial charge in [-0.05, 0) is 31.0 Å². The fourth-order valence-electron chi connectivity index (χ4n) is 5.43. The molecule has 6 heteroatoms. The van der Waals surface area contributed by atoms with Gasteiger partial charge in [0.1, 0.15) is 0 Å². The number of unbranched alkanes of at least 4 members (excludes halogenated alkanes) is 14. The van der Waals surface area contributed by atoms with Crippen molar-refractivity contribution >= 4 is 0 Å². The average molecular weight is 574 g/mol. The number of nitrogens with zero attached hydrogens (tertiary/aromatic N) is 1. The summed E-state index contributed by atoms with van der Waals surface area (Å²) in [6, 6.07) is 6.53. The minimum atomic E-state index is -0.963. The third kappa shape index (κ3) is 12.0. The Morgan fingerprint density at radius 1 is 0.707 bits per heavy atom. The predicted molar refractivity (Wildman–Crippen MR) is 163 cm³/mol. The van der Waals surface area contributed by atoms with Gasteiger partial charge in [0.25, 0.3) is 0 Å². The van der Waals surface area contributed by atoms with Gasteiger partial charge >= 0.3 is 0 Å². The maximum absolute atomic E-state index is 14.9. The van der Waals surface area contributed by atoms with Crippen LogP contribution in [0.2, 0.25) is 0 Å². The lowest BCUT2D eigenvalue weighted by atomic mass is 10.0. The van der Waals surface area contributed by atoms with E-state index >= 15 is 0 Å². The van der Waals surface area contributed by atoms with Crippen LogP contribution in [0.3, 0.4) is 0 Å². The summed E-state index contributed by atoms with van der Waals surface area (Å²) >= 11 is 0. The molecule has 0 N–H and O–H groups in total. The zero-order valence-corrected chi connectivity index (χ0v) is 25.6. The number of pyridine rings is 1. The van der Waals surface area contributed by atoms with E-state index in [2.05, 4.69) is 18.8 Å². The highest BCUT2D eigenvalue weighted by Gasteiger charge is 2.24. The van der Waals surface area contributed by atoms with Crippen LogP contribution in [0.5, 0.6) is 5.75 Å². The van der Waals surface area contributed by atoms with Gasteiger partial charge in [-0.15, -0.1) is 0 Å². The Bertz CT molecular complexity index is 961. The molecule has 1 aliphatic heterocycles. The number of hydrogen-bond acceptors (Lipinski definition) is 4. The maximum Gasteiger partial charge on any atom is 0.201 e. The molecule has 0 atom stereocenters. The van der Waals surface area contributed by atoms with E-state index in [1.54, 1.807) is 12.3 Å². The lowest BCUT2D eigenvalue weighted by molar-refractivity contribution is -0.206. The molecule has 2 aromatic rings. The van der Waals surface area contributed by atoms with Crippen molar-refractivity contribution in [3.05, 3.63) is 47.7 Å². The van der Waals surface area contributed by atoms with Gasteiger partial charge in [0.15, 0.2) is 17.9 Å². The van der Waals surface area contributed by atoms with E-state index < -0.39 is 17.9 Å². The van der Waals surface area contributed by atoms with E-state index in [0.29, 0.717) is 31.4 Å². The van der Waals surface area contributed by atoms with Gasteiger partial charge in [-0.2, -0.15) is 4.39 Å². The topological polar surface area (TPSA) is 40.6 Å². The number of halogens is 2. The summed E-state index contributed by atoms with van der Waals surface area (Å²) < 4.78 is 47.1. The molecular formula is C35H53F2NO3. The molecule has 1 aliphatic rings. The highest BCUT2D eigenvalue weighted by Crippen LogP contribution is 2.31. The SMILES string of the molecule is CCCCCCCCCCOc1ccc(-c2ccc([C@H]3OC[C@H](CCCCCCCCCC)CO3)cn2)c(F)c1F. The molecule has 0 radical (unpaired) electrons. The summed E-state index contributed by atoms with van der Waals surface area (Å²) in [4.78, 5) is 4.39. The van der Waals surface area contributed by atoms with Gasteiger partial charge in [-0.25, -0.2) is 4.39 Å². The largest absolute Gasteiger partial charge is 0.490 e. The molecular weight excluding hydrogens is 520 g/mol. The van der Waals surface area contributed by atoms with Crippen LogP contribution in [0.25, 0.3) is 11.3 Å². The molecule has 0 aliphatic carbocycles. The molecule has 1 aromatic heterocycles. The molecule has 0 saturated carbocycles. The van der Waals surface area contributed by atoms with Crippen LogP contribution in [0.15, 0.2) is 30.5 Å². The fourth-order valence-corrected chi connectivity index (χ4v) is 5.43. The third-order valence-corrected chi connectivity index (χ3v) is 8.07. The zero-order valence-electron chi connectivity index (χ0n) is 25.6. The minimum absolute atomic E-state index is 0.0450. The lowest BCUT2D eigenvalue weighted by Gasteiger charge is -2.29. The van der Waals surface area contributed by atoms with Gasteiger partial charge in [-0.1, -0.05) is 116 Å². The Kier molecular flexibility index (Phi) is 16.3. The summed E-state index contributed by atoms with van der Waals surface area (Å²) in [6.45, 7) is 6.20. The Balaban J connectivity index is 1.37. The van der Waals surface area contributed by atoms with E-state index in [-0.39, 0.29) is 11.3 Å². The van der Waals surface area contributed by atoms with E-state index in [0.717, 1.165) is 31.2 Å². The van der Waals surface area contributed by atoms with Crippen LogP contribution in [0.4, 0.5) is 8.78 Å². The smallest absolute Gasteiger partial charge is 0.201 e. The van der Waals surface area contributed by atoms with Crippen LogP contribution in [-0.2, 0) is 9.47 Å². The van der Waals surface area contributed by atoms with Gasteiger partial charge in [-0.3, -0.25) is 4.98 Å². The molecule has 0 unspecified atom stereocenters. The van der Waals surface area contributed by atoms with Crippen molar-refractivity contribution in [2.45, 2.75) is 129 Å². The first-order chi connectivity index (χ1) is 20.1. The van der Waals surface area contributed by atoms with Crippen molar-refractivity contribution in [3.8, 4) is 17.0 Å². The molecule has 1 saturated heterocycles. The Hall–Kier alpha value is -2.05. The molecule has 4 nitrogen and oxygen atoms in total. The summed E-state index contributed by atoms with van der Waals surface area (Å²) in [5.41, 5.74) is 1.26. The average Bonchev–Trinajstić information content (AvgIpc) is 3.00. The molecule has 0 spiro atoms. The Labute approximate surface area is 247 Å². The van der Waals surface area contributed by atoms with Crippen molar-refractivity contribution in [2.24, 2.45) is 5.92 Å². The predicted octanol–water partition coefficient (Wildman–Crippen LogP) is 10.7. The second kappa shape index (κ2) is 20.0. The number of aromatic nitrogens is 1. The number of ether oxygens (including phenoxy) is 3. The van der Waals surface area contributed by atoms with Crippen LogP contribution in [-0.4, -0.2) is 24.8 Å². The van der Waals surface area contributed by atoms with Crippen molar-refractivity contribution in [2.75, 3.05) is 19.8 Å². The van der Waals surface area contributed by atoms with Gasteiger partial charge in [0, 0.05) is 23.2 Å². The molecule has 230 valence electrons. The lowest BCUT2D eigenvalue weighted by Crippen LogP contribution is -2.27.